The van der Waals surface area contributed by atoms with Crippen LogP contribution in [0.3, 0.4) is 0 Å². The fourth-order valence-electron chi connectivity index (χ4n) is 2.07. The van der Waals surface area contributed by atoms with Gasteiger partial charge in [-0.15, -0.1) is 0 Å². The molecule has 3 nitrogen and oxygen atoms in total. The maximum absolute atomic E-state index is 12.0. The number of carbonyl (C=O) groups excluding carboxylic acids is 1. The predicted octanol–water partition coefficient (Wildman–Crippen LogP) is 2.55. The van der Waals surface area contributed by atoms with E-state index in [2.05, 4.69) is 41.1 Å². The smallest absolute Gasteiger partial charge is 0.223 e. The number of morpholine rings is 1. The van der Waals surface area contributed by atoms with Gasteiger partial charge in [-0.2, -0.15) is 0 Å². The normalized spacial score (nSPS) is 15.8. The van der Waals surface area contributed by atoms with Crippen LogP contribution < -0.4 is 0 Å². The molecule has 0 radical (unpaired) electrons. The van der Waals surface area contributed by atoms with Crippen molar-refractivity contribution in [3.8, 4) is 0 Å². The van der Waals surface area contributed by atoms with Gasteiger partial charge in [0.05, 0.1) is 13.2 Å². The molecule has 0 aromatic heterocycles. The van der Waals surface area contributed by atoms with Crippen LogP contribution in [-0.2, 0) is 16.0 Å². The molecule has 0 saturated carbocycles. The maximum Gasteiger partial charge on any atom is 0.223 e. The standard InChI is InChI=1S/C14H18BrNO2/c1-11-2-3-12(13(15)10-11)4-5-14(17)16-6-8-18-9-7-16/h2-3,10H,4-9H2,1H3. The minimum atomic E-state index is 0.228. The van der Waals surface area contributed by atoms with Crippen molar-refractivity contribution in [2.75, 3.05) is 26.3 Å². The first-order valence-electron chi connectivity index (χ1n) is 6.27. The maximum atomic E-state index is 12.0. The highest BCUT2D eigenvalue weighted by atomic mass is 79.9. The van der Waals surface area contributed by atoms with Crippen molar-refractivity contribution >= 4 is 21.8 Å². The van der Waals surface area contributed by atoms with E-state index in [0.717, 1.165) is 24.0 Å². The lowest BCUT2D eigenvalue weighted by molar-refractivity contribution is -0.135. The zero-order valence-corrected chi connectivity index (χ0v) is 12.2. The topological polar surface area (TPSA) is 29.5 Å². The van der Waals surface area contributed by atoms with Crippen molar-refractivity contribution in [3.63, 3.8) is 0 Å². The Morgan fingerprint density at radius 3 is 2.78 bits per heavy atom. The van der Waals surface area contributed by atoms with Crippen molar-refractivity contribution in [3.05, 3.63) is 33.8 Å². The zero-order valence-electron chi connectivity index (χ0n) is 10.6. The van der Waals surface area contributed by atoms with Crippen LogP contribution in [0.15, 0.2) is 22.7 Å². The molecule has 1 heterocycles. The second-order valence-corrected chi connectivity index (χ2v) is 5.44. The van der Waals surface area contributed by atoms with Crippen molar-refractivity contribution in [2.24, 2.45) is 0 Å². The fourth-order valence-corrected chi connectivity index (χ4v) is 2.76. The van der Waals surface area contributed by atoms with Crippen LogP contribution in [0.2, 0.25) is 0 Å². The van der Waals surface area contributed by atoms with Gasteiger partial charge in [0, 0.05) is 24.0 Å². The van der Waals surface area contributed by atoms with E-state index >= 15 is 0 Å². The third-order valence-corrected chi connectivity index (χ3v) is 3.92. The molecule has 0 N–H and O–H groups in total. The van der Waals surface area contributed by atoms with E-state index in [4.69, 9.17) is 4.74 Å². The second-order valence-electron chi connectivity index (χ2n) is 4.59. The molecule has 1 amide bonds. The highest BCUT2D eigenvalue weighted by molar-refractivity contribution is 9.10. The summed E-state index contributed by atoms with van der Waals surface area (Å²) in [5.41, 5.74) is 2.42. The molecule has 1 aromatic carbocycles. The fraction of sp³-hybridized carbons (Fsp3) is 0.500. The Morgan fingerprint density at radius 2 is 2.11 bits per heavy atom. The van der Waals surface area contributed by atoms with Gasteiger partial charge < -0.3 is 9.64 Å². The third kappa shape index (κ3) is 3.56. The van der Waals surface area contributed by atoms with Gasteiger partial charge in [-0.3, -0.25) is 4.79 Å². The van der Waals surface area contributed by atoms with Crippen molar-refractivity contribution < 1.29 is 9.53 Å². The number of nitrogens with zero attached hydrogens (tertiary/aromatic N) is 1. The first kappa shape index (κ1) is 13.6. The van der Waals surface area contributed by atoms with E-state index in [1.54, 1.807) is 0 Å². The molecule has 0 unspecified atom stereocenters. The van der Waals surface area contributed by atoms with Gasteiger partial charge in [-0.25, -0.2) is 0 Å². The number of ether oxygens (including phenoxy) is 1. The van der Waals surface area contributed by atoms with Crippen molar-refractivity contribution in [1.82, 2.24) is 4.90 Å². The molecule has 0 aliphatic carbocycles. The summed E-state index contributed by atoms with van der Waals surface area (Å²) >= 11 is 3.55. The molecule has 1 fully saturated rings. The van der Waals surface area contributed by atoms with Crippen LogP contribution in [0.4, 0.5) is 0 Å². The molecule has 2 rings (SSSR count). The third-order valence-electron chi connectivity index (χ3n) is 3.18. The Hall–Kier alpha value is -0.870. The molecule has 4 heteroatoms. The van der Waals surface area contributed by atoms with E-state index in [9.17, 15) is 4.79 Å². The SMILES string of the molecule is Cc1ccc(CCC(=O)N2CCOCC2)c(Br)c1. The minimum absolute atomic E-state index is 0.228. The summed E-state index contributed by atoms with van der Waals surface area (Å²) in [6.07, 6.45) is 1.36. The van der Waals surface area contributed by atoms with E-state index in [1.165, 1.54) is 11.1 Å². The van der Waals surface area contributed by atoms with E-state index in [0.29, 0.717) is 19.6 Å². The number of carbonyl (C=O) groups is 1. The van der Waals surface area contributed by atoms with E-state index in [1.807, 2.05) is 4.90 Å². The van der Waals surface area contributed by atoms with Gasteiger partial charge in [0.1, 0.15) is 0 Å². The molecule has 18 heavy (non-hydrogen) atoms. The molecule has 0 atom stereocenters. The first-order chi connectivity index (χ1) is 8.66. The van der Waals surface area contributed by atoms with Gasteiger partial charge >= 0.3 is 0 Å². The number of amides is 1. The average molecular weight is 312 g/mol. The Labute approximate surface area is 116 Å². The number of hydrogen-bond donors (Lipinski definition) is 0. The largest absolute Gasteiger partial charge is 0.378 e. The number of benzene rings is 1. The lowest BCUT2D eigenvalue weighted by Crippen LogP contribution is -2.40. The first-order valence-corrected chi connectivity index (χ1v) is 7.06. The molecule has 0 bridgehead atoms. The lowest BCUT2D eigenvalue weighted by Gasteiger charge is -2.26. The molecule has 98 valence electrons. The summed E-state index contributed by atoms with van der Waals surface area (Å²) in [6.45, 7) is 4.86. The monoisotopic (exact) mass is 311 g/mol. The Balaban J connectivity index is 1.88. The average Bonchev–Trinajstić information content (AvgIpc) is 2.38. The van der Waals surface area contributed by atoms with Crippen LogP contribution in [-0.4, -0.2) is 37.1 Å². The molecular weight excluding hydrogens is 294 g/mol. The summed E-state index contributed by atoms with van der Waals surface area (Å²) < 4.78 is 6.34. The number of rotatable bonds is 3. The molecule has 1 aliphatic rings. The highest BCUT2D eigenvalue weighted by Crippen LogP contribution is 2.20. The quantitative estimate of drug-likeness (QED) is 0.858. The van der Waals surface area contributed by atoms with E-state index < -0.39 is 0 Å². The van der Waals surface area contributed by atoms with Gasteiger partial charge in [0.15, 0.2) is 0 Å². The van der Waals surface area contributed by atoms with Crippen molar-refractivity contribution in [1.29, 1.82) is 0 Å². The summed E-state index contributed by atoms with van der Waals surface area (Å²) in [4.78, 5) is 13.9. The van der Waals surface area contributed by atoms with Gasteiger partial charge in [-0.1, -0.05) is 28.1 Å². The van der Waals surface area contributed by atoms with Crippen LogP contribution in [0.1, 0.15) is 17.5 Å². The van der Waals surface area contributed by atoms with Gasteiger partial charge in [0.25, 0.3) is 0 Å². The minimum Gasteiger partial charge on any atom is -0.378 e. The summed E-state index contributed by atoms with van der Waals surface area (Å²) in [6, 6.07) is 6.26. The summed E-state index contributed by atoms with van der Waals surface area (Å²) in [5, 5.41) is 0. The van der Waals surface area contributed by atoms with Crippen LogP contribution in [0.25, 0.3) is 0 Å². The molecule has 1 aliphatic heterocycles. The Morgan fingerprint density at radius 1 is 1.39 bits per heavy atom. The highest BCUT2D eigenvalue weighted by Gasteiger charge is 2.16. The number of aryl methyl sites for hydroxylation is 2. The zero-order chi connectivity index (χ0) is 13.0. The van der Waals surface area contributed by atoms with Crippen LogP contribution >= 0.6 is 15.9 Å². The number of halogens is 1. The van der Waals surface area contributed by atoms with Crippen LogP contribution in [0, 0.1) is 6.92 Å². The van der Waals surface area contributed by atoms with E-state index in [-0.39, 0.29) is 5.91 Å². The van der Waals surface area contributed by atoms with Gasteiger partial charge in [0.2, 0.25) is 5.91 Å². The summed E-state index contributed by atoms with van der Waals surface area (Å²) in [7, 11) is 0. The summed E-state index contributed by atoms with van der Waals surface area (Å²) in [5.74, 6) is 0.228. The predicted molar refractivity (Wildman–Crippen MR) is 74.6 cm³/mol. The molecule has 1 saturated heterocycles. The Kier molecular flexibility index (Phi) is 4.78. The Bertz CT molecular complexity index is 428. The number of hydrogen-bond acceptors (Lipinski definition) is 2. The second kappa shape index (κ2) is 6.34. The van der Waals surface area contributed by atoms with Gasteiger partial charge in [-0.05, 0) is 30.5 Å². The van der Waals surface area contributed by atoms with Crippen LogP contribution in [0.5, 0.6) is 0 Å². The molecular formula is C14H18BrNO2. The lowest BCUT2D eigenvalue weighted by atomic mass is 10.1. The molecule has 0 spiro atoms. The van der Waals surface area contributed by atoms with Crippen molar-refractivity contribution in [2.45, 2.75) is 19.8 Å². The molecule has 1 aromatic rings.